The van der Waals surface area contributed by atoms with Gasteiger partial charge < -0.3 is 10.1 Å². The van der Waals surface area contributed by atoms with Crippen molar-refractivity contribution in [1.29, 1.82) is 5.26 Å². The fraction of sp³-hybridized carbons (Fsp3) is 0.500. The Morgan fingerprint density at radius 2 is 2.18 bits per heavy atom. The van der Waals surface area contributed by atoms with E-state index in [0.29, 0.717) is 11.6 Å². The number of rotatable bonds is 4. The Kier molecular flexibility index (Phi) is 4.00. The lowest BCUT2D eigenvalue weighted by Gasteiger charge is -2.14. The van der Waals surface area contributed by atoms with E-state index in [1.807, 2.05) is 12.1 Å². The highest BCUT2D eigenvalue weighted by Crippen LogP contribution is 2.22. The fourth-order valence-corrected chi connectivity index (χ4v) is 2.37. The van der Waals surface area contributed by atoms with Crippen LogP contribution in [0, 0.1) is 11.3 Å². The lowest BCUT2D eigenvalue weighted by atomic mass is 10.1. The lowest BCUT2D eigenvalue weighted by molar-refractivity contribution is 0.405. The minimum Gasteiger partial charge on any atom is -0.496 e. The molecule has 1 aliphatic rings. The summed E-state index contributed by atoms with van der Waals surface area (Å²) < 4.78 is 5.31. The van der Waals surface area contributed by atoms with Crippen molar-refractivity contribution in [1.82, 2.24) is 5.32 Å². The van der Waals surface area contributed by atoms with Crippen LogP contribution in [0.25, 0.3) is 0 Å². The molecule has 0 saturated heterocycles. The summed E-state index contributed by atoms with van der Waals surface area (Å²) in [5.74, 6) is 0.856. The number of hydrogen-bond acceptors (Lipinski definition) is 3. The van der Waals surface area contributed by atoms with E-state index in [4.69, 9.17) is 10.00 Å². The second-order valence-corrected chi connectivity index (χ2v) is 4.50. The Morgan fingerprint density at radius 1 is 1.41 bits per heavy atom. The van der Waals surface area contributed by atoms with Crippen molar-refractivity contribution in [3.8, 4) is 11.8 Å². The minimum absolute atomic E-state index is 0.630. The monoisotopic (exact) mass is 230 g/mol. The van der Waals surface area contributed by atoms with Crippen LogP contribution in [0.1, 0.15) is 36.8 Å². The molecule has 0 atom stereocenters. The van der Waals surface area contributed by atoms with Crippen LogP contribution < -0.4 is 10.1 Å². The van der Waals surface area contributed by atoms with Gasteiger partial charge in [-0.25, -0.2) is 0 Å². The molecule has 1 N–H and O–H groups in total. The van der Waals surface area contributed by atoms with Gasteiger partial charge >= 0.3 is 0 Å². The average Bonchev–Trinajstić information content (AvgIpc) is 2.89. The predicted molar refractivity (Wildman–Crippen MR) is 66.8 cm³/mol. The van der Waals surface area contributed by atoms with Crippen LogP contribution in [0.4, 0.5) is 0 Å². The molecule has 2 rings (SSSR count). The van der Waals surface area contributed by atoms with Crippen molar-refractivity contribution in [2.45, 2.75) is 38.3 Å². The van der Waals surface area contributed by atoms with Crippen LogP contribution in [-0.2, 0) is 6.54 Å². The van der Waals surface area contributed by atoms with Gasteiger partial charge in [0.1, 0.15) is 5.75 Å². The quantitative estimate of drug-likeness (QED) is 0.864. The summed E-state index contributed by atoms with van der Waals surface area (Å²) >= 11 is 0. The highest BCUT2D eigenvalue weighted by Gasteiger charge is 2.14. The molecule has 17 heavy (non-hydrogen) atoms. The normalized spacial score (nSPS) is 15.8. The largest absolute Gasteiger partial charge is 0.496 e. The van der Waals surface area contributed by atoms with Crippen LogP contribution in [0.2, 0.25) is 0 Å². The maximum atomic E-state index is 8.89. The minimum atomic E-state index is 0.630. The van der Waals surface area contributed by atoms with E-state index >= 15 is 0 Å². The third-order valence-corrected chi connectivity index (χ3v) is 3.35. The van der Waals surface area contributed by atoms with E-state index in [2.05, 4.69) is 11.4 Å². The molecule has 0 aliphatic heterocycles. The van der Waals surface area contributed by atoms with Crippen molar-refractivity contribution in [2.24, 2.45) is 0 Å². The number of methoxy groups -OCH3 is 1. The standard InChI is InChI=1S/C14H18N2O/c1-17-14-7-6-11(9-15)8-12(14)10-16-13-4-2-3-5-13/h6-8,13,16H,2-5,10H2,1H3. The molecule has 1 saturated carbocycles. The third-order valence-electron chi connectivity index (χ3n) is 3.35. The van der Waals surface area contributed by atoms with Crippen LogP contribution in [0.15, 0.2) is 18.2 Å². The molecule has 1 fully saturated rings. The summed E-state index contributed by atoms with van der Waals surface area (Å²) in [5, 5.41) is 12.4. The Bertz CT molecular complexity index is 417. The van der Waals surface area contributed by atoms with Gasteiger partial charge in [0.15, 0.2) is 0 Å². The van der Waals surface area contributed by atoms with Gasteiger partial charge in [0.2, 0.25) is 0 Å². The summed E-state index contributed by atoms with van der Waals surface area (Å²) in [5.41, 5.74) is 1.76. The second kappa shape index (κ2) is 5.70. The maximum absolute atomic E-state index is 8.89. The first-order valence-electron chi connectivity index (χ1n) is 6.14. The molecule has 0 unspecified atom stereocenters. The van der Waals surface area contributed by atoms with E-state index in [1.165, 1.54) is 25.7 Å². The number of ether oxygens (including phenoxy) is 1. The van der Waals surface area contributed by atoms with Crippen molar-refractivity contribution in [3.63, 3.8) is 0 Å². The fourth-order valence-electron chi connectivity index (χ4n) is 2.37. The molecule has 0 spiro atoms. The summed E-state index contributed by atoms with van der Waals surface area (Å²) in [7, 11) is 1.67. The molecule has 0 aromatic heterocycles. The maximum Gasteiger partial charge on any atom is 0.123 e. The van der Waals surface area contributed by atoms with Gasteiger partial charge in [0, 0.05) is 18.2 Å². The Balaban J connectivity index is 2.04. The van der Waals surface area contributed by atoms with Crippen molar-refractivity contribution >= 4 is 0 Å². The van der Waals surface area contributed by atoms with Gasteiger partial charge in [0.25, 0.3) is 0 Å². The molecule has 3 nitrogen and oxygen atoms in total. The SMILES string of the molecule is COc1ccc(C#N)cc1CNC1CCCC1. The molecule has 0 radical (unpaired) electrons. The van der Waals surface area contributed by atoms with Crippen LogP contribution in [0.5, 0.6) is 5.75 Å². The molecule has 3 heteroatoms. The summed E-state index contributed by atoms with van der Waals surface area (Å²) in [6.07, 6.45) is 5.18. The Labute approximate surface area is 102 Å². The van der Waals surface area contributed by atoms with Crippen LogP contribution in [-0.4, -0.2) is 13.2 Å². The van der Waals surface area contributed by atoms with E-state index in [9.17, 15) is 0 Å². The highest BCUT2D eigenvalue weighted by atomic mass is 16.5. The van der Waals surface area contributed by atoms with Crippen LogP contribution in [0.3, 0.4) is 0 Å². The number of nitrogens with zero attached hydrogens (tertiary/aromatic N) is 1. The number of hydrogen-bond donors (Lipinski definition) is 1. The Hall–Kier alpha value is -1.53. The van der Waals surface area contributed by atoms with E-state index in [1.54, 1.807) is 13.2 Å². The molecule has 0 heterocycles. The molecular formula is C14H18N2O. The summed E-state index contributed by atoms with van der Waals surface area (Å²) in [6, 6.07) is 8.35. The topological polar surface area (TPSA) is 45.0 Å². The van der Waals surface area contributed by atoms with Gasteiger partial charge in [-0.05, 0) is 31.0 Å². The molecule has 90 valence electrons. The zero-order valence-electron chi connectivity index (χ0n) is 10.2. The third kappa shape index (κ3) is 2.98. The first-order chi connectivity index (χ1) is 8.33. The Morgan fingerprint density at radius 3 is 2.82 bits per heavy atom. The van der Waals surface area contributed by atoms with E-state index in [0.717, 1.165) is 17.9 Å². The zero-order valence-corrected chi connectivity index (χ0v) is 10.2. The highest BCUT2D eigenvalue weighted by molar-refractivity contribution is 5.42. The first-order valence-corrected chi connectivity index (χ1v) is 6.14. The van der Waals surface area contributed by atoms with Crippen molar-refractivity contribution < 1.29 is 4.74 Å². The molecule has 0 bridgehead atoms. The molecular weight excluding hydrogens is 212 g/mol. The van der Waals surface area contributed by atoms with Gasteiger partial charge in [-0.3, -0.25) is 0 Å². The van der Waals surface area contributed by atoms with Gasteiger partial charge in [-0.15, -0.1) is 0 Å². The number of nitrogens with one attached hydrogen (secondary N) is 1. The van der Waals surface area contributed by atoms with Crippen molar-refractivity contribution in [2.75, 3.05) is 7.11 Å². The first kappa shape index (κ1) is 11.9. The van der Waals surface area contributed by atoms with Crippen molar-refractivity contribution in [3.05, 3.63) is 29.3 Å². The molecule has 0 amide bonds. The summed E-state index contributed by atoms with van der Waals surface area (Å²) in [4.78, 5) is 0. The molecule has 1 aromatic rings. The zero-order chi connectivity index (χ0) is 12.1. The average molecular weight is 230 g/mol. The van der Waals surface area contributed by atoms with Gasteiger partial charge in [0.05, 0.1) is 18.7 Å². The van der Waals surface area contributed by atoms with Gasteiger partial charge in [-0.1, -0.05) is 12.8 Å². The van der Waals surface area contributed by atoms with Crippen LogP contribution >= 0.6 is 0 Å². The molecule has 1 aromatic carbocycles. The second-order valence-electron chi connectivity index (χ2n) is 4.50. The van der Waals surface area contributed by atoms with E-state index in [-0.39, 0.29) is 0 Å². The summed E-state index contributed by atoms with van der Waals surface area (Å²) in [6.45, 7) is 0.781. The predicted octanol–water partition coefficient (Wildman–Crippen LogP) is 2.60. The van der Waals surface area contributed by atoms with Gasteiger partial charge in [-0.2, -0.15) is 5.26 Å². The molecule has 1 aliphatic carbocycles. The number of nitriles is 1. The smallest absolute Gasteiger partial charge is 0.123 e. The number of benzene rings is 1. The van der Waals surface area contributed by atoms with E-state index < -0.39 is 0 Å². The lowest BCUT2D eigenvalue weighted by Crippen LogP contribution is -2.25.